The average Bonchev–Trinajstić information content (AvgIpc) is 3.08. The summed E-state index contributed by atoms with van der Waals surface area (Å²) in [5.74, 6) is 0.826. The third kappa shape index (κ3) is 8.99. The van der Waals surface area contributed by atoms with Crippen molar-refractivity contribution in [2.45, 2.75) is 46.1 Å². The summed E-state index contributed by atoms with van der Waals surface area (Å²) >= 11 is 1.69. The Morgan fingerprint density at radius 1 is 1.24 bits per heavy atom. The first-order valence-corrected chi connectivity index (χ1v) is 11.2. The van der Waals surface area contributed by atoms with E-state index in [9.17, 15) is 4.79 Å². The molecular weight excluding hydrogens is 388 g/mol. The second-order valence-corrected chi connectivity index (χ2v) is 9.26. The summed E-state index contributed by atoms with van der Waals surface area (Å²) < 4.78 is 5.45. The van der Waals surface area contributed by atoms with Gasteiger partial charge < -0.3 is 20.3 Å². The molecule has 1 amide bonds. The van der Waals surface area contributed by atoms with Crippen molar-refractivity contribution in [3.8, 4) is 0 Å². The molecule has 0 aliphatic carbocycles. The summed E-state index contributed by atoms with van der Waals surface area (Å²) in [6.45, 7) is 13.6. The van der Waals surface area contributed by atoms with Crippen molar-refractivity contribution in [1.29, 1.82) is 0 Å². The first kappa shape index (κ1) is 23.4. The highest BCUT2D eigenvalue weighted by Crippen LogP contribution is 2.12. The lowest BCUT2D eigenvalue weighted by Gasteiger charge is -2.35. The van der Waals surface area contributed by atoms with Gasteiger partial charge in [0.15, 0.2) is 5.96 Å². The minimum absolute atomic E-state index is 0.207. The monoisotopic (exact) mass is 424 g/mol. The molecule has 29 heavy (non-hydrogen) atoms. The van der Waals surface area contributed by atoms with Crippen LogP contribution in [0, 0.1) is 6.92 Å². The zero-order valence-electron chi connectivity index (χ0n) is 18.5. The fourth-order valence-electron chi connectivity index (χ4n) is 3.04. The number of piperazine rings is 1. The average molecular weight is 425 g/mol. The van der Waals surface area contributed by atoms with Crippen molar-refractivity contribution >= 4 is 23.4 Å². The Morgan fingerprint density at radius 2 is 1.93 bits per heavy atom. The van der Waals surface area contributed by atoms with Gasteiger partial charge in [-0.3, -0.25) is 9.89 Å². The molecule has 0 atom stereocenters. The van der Waals surface area contributed by atoms with Gasteiger partial charge in [0.05, 0.1) is 10.7 Å². The van der Waals surface area contributed by atoms with E-state index in [4.69, 9.17) is 4.74 Å². The molecule has 1 fully saturated rings. The summed E-state index contributed by atoms with van der Waals surface area (Å²) in [4.78, 5) is 25.1. The van der Waals surface area contributed by atoms with Crippen LogP contribution in [0.2, 0.25) is 0 Å². The number of carbonyl (C=O) groups is 1. The number of aromatic nitrogens is 1. The number of rotatable bonds is 7. The van der Waals surface area contributed by atoms with Crippen LogP contribution in [-0.4, -0.2) is 85.3 Å². The van der Waals surface area contributed by atoms with Gasteiger partial charge in [-0.1, -0.05) is 0 Å². The molecular formula is C20H36N6O2S. The van der Waals surface area contributed by atoms with E-state index in [1.165, 1.54) is 0 Å². The van der Waals surface area contributed by atoms with Crippen molar-refractivity contribution in [3.05, 3.63) is 16.1 Å². The van der Waals surface area contributed by atoms with Crippen LogP contribution < -0.4 is 10.6 Å². The molecule has 2 rings (SSSR count). The van der Waals surface area contributed by atoms with Gasteiger partial charge >= 0.3 is 6.09 Å². The Labute approximate surface area is 178 Å². The minimum Gasteiger partial charge on any atom is -0.444 e. The lowest BCUT2D eigenvalue weighted by Crippen LogP contribution is -2.50. The Balaban J connectivity index is 1.56. The highest BCUT2D eigenvalue weighted by Gasteiger charge is 2.25. The molecule has 1 saturated heterocycles. The topological polar surface area (TPSA) is 82.1 Å². The number of carbonyl (C=O) groups excluding carboxylic acids is 1. The molecule has 1 aliphatic heterocycles. The van der Waals surface area contributed by atoms with Crippen molar-refractivity contribution in [3.63, 3.8) is 0 Å². The lowest BCUT2D eigenvalue weighted by atomic mass is 10.2. The number of aryl methyl sites for hydroxylation is 1. The number of thiazole rings is 1. The third-order valence-corrected chi connectivity index (χ3v) is 5.35. The van der Waals surface area contributed by atoms with E-state index < -0.39 is 5.60 Å². The van der Waals surface area contributed by atoms with Crippen molar-refractivity contribution in [2.24, 2.45) is 4.99 Å². The zero-order valence-corrected chi connectivity index (χ0v) is 19.3. The van der Waals surface area contributed by atoms with Crippen LogP contribution >= 0.6 is 11.3 Å². The number of nitrogens with one attached hydrogen (secondary N) is 2. The standard InChI is InChI=1S/C20H36N6O2S/c1-16-24-17(15-29-16)7-9-23-18(21-5)22-8-6-10-25-11-13-26(14-12-25)19(27)28-20(2,3)4/h15H,6-14H2,1-5H3,(H2,21,22,23). The van der Waals surface area contributed by atoms with Gasteiger partial charge in [-0.05, 0) is 40.7 Å². The SMILES string of the molecule is CN=C(NCCCN1CCN(C(=O)OC(C)(C)C)CC1)NCCc1csc(C)n1. The molecule has 1 aliphatic rings. The number of ether oxygens (including phenoxy) is 1. The summed E-state index contributed by atoms with van der Waals surface area (Å²) in [7, 11) is 1.79. The first-order valence-electron chi connectivity index (χ1n) is 10.3. The Bertz CT molecular complexity index is 662. The van der Waals surface area contributed by atoms with Gasteiger partial charge in [0.2, 0.25) is 0 Å². The largest absolute Gasteiger partial charge is 0.444 e. The third-order valence-electron chi connectivity index (χ3n) is 4.53. The van der Waals surface area contributed by atoms with E-state index in [0.29, 0.717) is 0 Å². The first-order chi connectivity index (χ1) is 13.8. The van der Waals surface area contributed by atoms with Crippen LogP contribution in [0.1, 0.15) is 37.9 Å². The molecule has 1 aromatic rings. The van der Waals surface area contributed by atoms with E-state index in [-0.39, 0.29) is 6.09 Å². The molecule has 1 aromatic heterocycles. The van der Waals surface area contributed by atoms with Gasteiger partial charge in [-0.2, -0.15) is 0 Å². The van der Waals surface area contributed by atoms with Crippen LogP contribution in [0.3, 0.4) is 0 Å². The minimum atomic E-state index is -0.439. The fraction of sp³-hybridized carbons (Fsp3) is 0.750. The molecule has 0 radical (unpaired) electrons. The summed E-state index contributed by atoms with van der Waals surface area (Å²) in [6.07, 6.45) is 1.72. The number of aliphatic imine (C=N–C) groups is 1. The van der Waals surface area contributed by atoms with Gasteiger partial charge in [-0.25, -0.2) is 9.78 Å². The van der Waals surface area contributed by atoms with Gasteiger partial charge in [0.1, 0.15) is 5.60 Å². The molecule has 9 heteroatoms. The molecule has 0 aromatic carbocycles. The van der Waals surface area contributed by atoms with E-state index in [1.807, 2.05) is 27.7 Å². The Hall–Kier alpha value is -1.87. The van der Waals surface area contributed by atoms with E-state index >= 15 is 0 Å². The Morgan fingerprint density at radius 3 is 2.52 bits per heavy atom. The molecule has 0 spiro atoms. The second-order valence-electron chi connectivity index (χ2n) is 8.20. The number of nitrogens with zero attached hydrogens (tertiary/aromatic N) is 4. The van der Waals surface area contributed by atoms with Crippen LogP contribution in [0.4, 0.5) is 4.79 Å². The van der Waals surface area contributed by atoms with Crippen LogP contribution in [-0.2, 0) is 11.2 Å². The summed E-state index contributed by atoms with van der Waals surface area (Å²) in [5, 5.41) is 9.91. The number of amides is 1. The van der Waals surface area contributed by atoms with E-state index in [2.05, 4.69) is 30.9 Å². The maximum atomic E-state index is 12.1. The number of hydrogen-bond donors (Lipinski definition) is 2. The molecule has 2 heterocycles. The molecule has 0 bridgehead atoms. The van der Waals surface area contributed by atoms with Crippen LogP contribution in [0.25, 0.3) is 0 Å². The Kier molecular flexibility index (Phi) is 9.16. The van der Waals surface area contributed by atoms with E-state index in [1.54, 1.807) is 23.3 Å². The van der Waals surface area contributed by atoms with Crippen LogP contribution in [0.5, 0.6) is 0 Å². The van der Waals surface area contributed by atoms with Crippen molar-refractivity contribution < 1.29 is 9.53 Å². The van der Waals surface area contributed by atoms with Gasteiger partial charge in [0, 0.05) is 58.1 Å². The molecule has 8 nitrogen and oxygen atoms in total. The normalized spacial score (nSPS) is 16.0. The fourth-order valence-corrected chi connectivity index (χ4v) is 3.69. The van der Waals surface area contributed by atoms with Crippen LogP contribution in [0.15, 0.2) is 10.4 Å². The summed E-state index contributed by atoms with van der Waals surface area (Å²) in [6, 6.07) is 0. The smallest absolute Gasteiger partial charge is 0.410 e. The molecule has 2 N–H and O–H groups in total. The zero-order chi connectivity index (χ0) is 21.3. The second kappa shape index (κ2) is 11.3. The maximum Gasteiger partial charge on any atom is 0.410 e. The quantitative estimate of drug-likeness (QED) is 0.396. The molecule has 0 saturated carbocycles. The highest BCUT2D eigenvalue weighted by molar-refractivity contribution is 7.09. The highest BCUT2D eigenvalue weighted by atomic mass is 32.1. The number of hydrogen-bond acceptors (Lipinski definition) is 6. The predicted octanol–water partition coefficient (Wildman–Crippen LogP) is 2.10. The van der Waals surface area contributed by atoms with E-state index in [0.717, 1.165) is 75.3 Å². The maximum absolute atomic E-state index is 12.1. The predicted molar refractivity (Wildman–Crippen MR) is 119 cm³/mol. The summed E-state index contributed by atoms with van der Waals surface area (Å²) in [5.41, 5.74) is 0.687. The van der Waals surface area contributed by atoms with Gasteiger partial charge in [-0.15, -0.1) is 11.3 Å². The van der Waals surface area contributed by atoms with Crippen molar-refractivity contribution in [2.75, 3.05) is 52.9 Å². The number of guanidine groups is 1. The van der Waals surface area contributed by atoms with Gasteiger partial charge in [0.25, 0.3) is 0 Å². The molecule has 164 valence electrons. The van der Waals surface area contributed by atoms with Crippen molar-refractivity contribution in [1.82, 2.24) is 25.4 Å². The molecule has 0 unspecified atom stereocenters. The lowest BCUT2D eigenvalue weighted by molar-refractivity contribution is 0.0145.